The van der Waals surface area contributed by atoms with Crippen LogP contribution in [0.4, 0.5) is 0 Å². The summed E-state index contributed by atoms with van der Waals surface area (Å²) in [6, 6.07) is 3.81. The minimum atomic E-state index is -0.00351. The number of aromatic nitrogens is 6. The van der Waals surface area contributed by atoms with Gasteiger partial charge in [0.2, 0.25) is 0 Å². The molecule has 3 aromatic rings. The third kappa shape index (κ3) is 2.54. The quantitative estimate of drug-likeness (QED) is 0.776. The molecule has 0 bridgehead atoms. The van der Waals surface area contributed by atoms with Crippen LogP contribution in [0.3, 0.4) is 0 Å². The number of hydrogen-bond donors (Lipinski definition) is 1. The van der Waals surface area contributed by atoms with Crippen molar-refractivity contribution in [2.24, 2.45) is 0 Å². The molecule has 0 fully saturated rings. The third-order valence-corrected chi connectivity index (χ3v) is 3.71. The molecule has 0 saturated carbocycles. The van der Waals surface area contributed by atoms with Crippen molar-refractivity contribution in [3.05, 3.63) is 45.8 Å². The fourth-order valence-electron chi connectivity index (χ4n) is 2.33. The van der Waals surface area contributed by atoms with Crippen molar-refractivity contribution >= 4 is 10.9 Å². The molecule has 3 rings (SSSR count). The van der Waals surface area contributed by atoms with Crippen LogP contribution in [0, 0.1) is 13.8 Å². The summed E-state index contributed by atoms with van der Waals surface area (Å²) >= 11 is 0. The Morgan fingerprint density at radius 3 is 2.90 bits per heavy atom. The second kappa shape index (κ2) is 5.43. The van der Waals surface area contributed by atoms with Crippen molar-refractivity contribution < 1.29 is 0 Å². The number of fused-ring (bicyclic) bond motifs is 1. The number of nitrogens with zero attached hydrogens (tertiary/aromatic N) is 5. The summed E-state index contributed by atoms with van der Waals surface area (Å²) in [5, 5.41) is 14.4. The van der Waals surface area contributed by atoms with Gasteiger partial charge in [-0.2, -0.15) is 5.21 Å². The largest absolute Gasteiger partial charge is 0.299 e. The van der Waals surface area contributed by atoms with Gasteiger partial charge in [-0.1, -0.05) is 11.3 Å². The van der Waals surface area contributed by atoms with Crippen LogP contribution in [-0.2, 0) is 13.0 Å². The molecular formula is C14H16N6O. The lowest BCUT2D eigenvalue weighted by Crippen LogP contribution is -2.21. The maximum atomic E-state index is 12.5. The summed E-state index contributed by atoms with van der Waals surface area (Å²) in [7, 11) is 0. The Kier molecular flexibility index (Phi) is 3.47. The number of rotatable bonds is 4. The second-order valence-electron chi connectivity index (χ2n) is 5.08. The van der Waals surface area contributed by atoms with E-state index >= 15 is 0 Å². The van der Waals surface area contributed by atoms with E-state index in [1.807, 2.05) is 26.0 Å². The molecular weight excluding hydrogens is 268 g/mol. The van der Waals surface area contributed by atoms with Gasteiger partial charge >= 0.3 is 0 Å². The summed E-state index contributed by atoms with van der Waals surface area (Å²) in [6.45, 7) is 4.60. The van der Waals surface area contributed by atoms with E-state index in [0.29, 0.717) is 24.2 Å². The van der Waals surface area contributed by atoms with Gasteiger partial charge < -0.3 is 0 Å². The fourth-order valence-corrected chi connectivity index (χ4v) is 2.33. The molecule has 1 N–H and O–H groups in total. The lowest BCUT2D eigenvalue weighted by atomic mass is 10.1. The molecule has 1 aromatic carbocycles. The number of benzene rings is 1. The molecule has 0 aliphatic heterocycles. The van der Waals surface area contributed by atoms with Crippen LogP contribution >= 0.6 is 0 Å². The zero-order chi connectivity index (χ0) is 14.8. The van der Waals surface area contributed by atoms with Gasteiger partial charge in [0.05, 0.1) is 17.2 Å². The minimum Gasteiger partial charge on any atom is -0.299 e. The summed E-state index contributed by atoms with van der Waals surface area (Å²) < 4.78 is 1.64. The van der Waals surface area contributed by atoms with Crippen LogP contribution < -0.4 is 5.56 Å². The highest BCUT2D eigenvalue weighted by Gasteiger charge is 2.08. The smallest absolute Gasteiger partial charge is 0.261 e. The maximum absolute atomic E-state index is 12.5. The van der Waals surface area contributed by atoms with Crippen LogP contribution in [0.25, 0.3) is 10.9 Å². The average Bonchev–Trinajstić information content (AvgIpc) is 2.99. The molecule has 0 saturated heterocycles. The van der Waals surface area contributed by atoms with Gasteiger partial charge in [0.1, 0.15) is 0 Å². The number of aromatic amines is 1. The average molecular weight is 284 g/mol. The Balaban J connectivity index is 1.85. The zero-order valence-electron chi connectivity index (χ0n) is 12.0. The summed E-state index contributed by atoms with van der Waals surface area (Å²) in [5.41, 5.74) is 2.98. The molecule has 0 aliphatic carbocycles. The van der Waals surface area contributed by atoms with E-state index < -0.39 is 0 Å². The molecule has 0 unspecified atom stereocenters. The number of H-pyrrole nitrogens is 1. The molecule has 2 aromatic heterocycles. The van der Waals surface area contributed by atoms with Gasteiger partial charge in [-0.3, -0.25) is 9.36 Å². The summed E-state index contributed by atoms with van der Waals surface area (Å²) in [5.74, 6) is 0.656. The topological polar surface area (TPSA) is 89.4 Å². The standard InChI is InChI=1S/C14H16N6O/c1-9-5-6-11-13(10(9)2)15-8-20(14(11)21)7-3-4-12-16-18-19-17-12/h5-6,8H,3-4,7H2,1-2H3,(H,16,17,18,19). The predicted octanol–water partition coefficient (Wildman–Crippen LogP) is 1.16. The van der Waals surface area contributed by atoms with Gasteiger partial charge in [-0.25, -0.2) is 4.98 Å². The van der Waals surface area contributed by atoms with Gasteiger partial charge in [0.15, 0.2) is 5.82 Å². The second-order valence-corrected chi connectivity index (χ2v) is 5.08. The first kappa shape index (κ1) is 13.4. The van der Waals surface area contributed by atoms with Gasteiger partial charge in [-0.05, 0) is 37.5 Å². The van der Waals surface area contributed by atoms with E-state index in [4.69, 9.17) is 0 Å². The molecule has 7 nitrogen and oxygen atoms in total. The van der Waals surface area contributed by atoms with Gasteiger partial charge in [0.25, 0.3) is 5.56 Å². The normalized spacial score (nSPS) is 11.1. The lowest BCUT2D eigenvalue weighted by Gasteiger charge is -2.08. The molecule has 7 heteroatoms. The Bertz CT molecular complexity index is 821. The lowest BCUT2D eigenvalue weighted by molar-refractivity contribution is 0.606. The van der Waals surface area contributed by atoms with Crippen LogP contribution in [0.1, 0.15) is 23.4 Å². The number of aryl methyl sites for hydroxylation is 4. The van der Waals surface area contributed by atoms with E-state index in [2.05, 4.69) is 25.6 Å². The van der Waals surface area contributed by atoms with E-state index in [0.717, 1.165) is 23.1 Å². The van der Waals surface area contributed by atoms with E-state index in [1.165, 1.54) is 0 Å². The van der Waals surface area contributed by atoms with Gasteiger partial charge in [0, 0.05) is 13.0 Å². The highest BCUT2D eigenvalue weighted by atomic mass is 16.1. The first-order valence-corrected chi connectivity index (χ1v) is 6.84. The Hall–Kier alpha value is -2.57. The molecule has 108 valence electrons. The Morgan fingerprint density at radius 1 is 1.29 bits per heavy atom. The number of hydrogen-bond acceptors (Lipinski definition) is 5. The molecule has 0 amide bonds. The van der Waals surface area contributed by atoms with E-state index in [1.54, 1.807) is 10.9 Å². The predicted molar refractivity (Wildman–Crippen MR) is 78.0 cm³/mol. The molecule has 0 atom stereocenters. The Labute approximate surface area is 121 Å². The molecule has 21 heavy (non-hydrogen) atoms. The SMILES string of the molecule is Cc1ccc2c(=O)n(CCCc3nn[nH]n3)cnc2c1C. The van der Waals surface area contributed by atoms with Gasteiger partial charge in [-0.15, -0.1) is 10.2 Å². The van der Waals surface area contributed by atoms with Crippen LogP contribution in [0.5, 0.6) is 0 Å². The molecule has 2 heterocycles. The fraction of sp³-hybridized carbons (Fsp3) is 0.357. The highest BCUT2D eigenvalue weighted by Crippen LogP contribution is 2.16. The summed E-state index contributed by atoms with van der Waals surface area (Å²) in [6.07, 6.45) is 3.05. The third-order valence-electron chi connectivity index (χ3n) is 3.71. The zero-order valence-corrected chi connectivity index (χ0v) is 12.0. The van der Waals surface area contributed by atoms with E-state index in [-0.39, 0.29) is 5.56 Å². The van der Waals surface area contributed by atoms with Crippen molar-refractivity contribution in [3.63, 3.8) is 0 Å². The summed E-state index contributed by atoms with van der Waals surface area (Å²) in [4.78, 5) is 16.9. The van der Waals surface area contributed by atoms with Crippen molar-refractivity contribution in [1.29, 1.82) is 0 Å². The van der Waals surface area contributed by atoms with E-state index in [9.17, 15) is 4.79 Å². The van der Waals surface area contributed by atoms with Crippen LogP contribution in [-0.4, -0.2) is 30.2 Å². The molecule has 0 aliphatic rings. The monoisotopic (exact) mass is 284 g/mol. The first-order valence-electron chi connectivity index (χ1n) is 6.84. The number of tetrazole rings is 1. The van der Waals surface area contributed by atoms with Crippen molar-refractivity contribution in [3.8, 4) is 0 Å². The molecule has 0 spiro atoms. The van der Waals surface area contributed by atoms with Crippen molar-refractivity contribution in [2.75, 3.05) is 0 Å². The number of nitrogens with one attached hydrogen (secondary N) is 1. The Morgan fingerprint density at radius 2 is 2.14 bits per heavy atom. The highest BCUT2D eigenvalue weighted by molar-refractivity contribution is 5.81. The van der Waals surface area contributed by atoms with Crippen LogP contribution in [0.2, 0.25) is 0 Å². The maximum Gasteiger partial charge on any atom is 0.261 e. The minimum absolute atomic E-state index is 0.00351. The van der Waals surface area contributed by atoms with Crippen molar-refractivity contribution in [1.82, 2.24) is 30.2 Å². The van der Waals surface area contributed by atoms with Crippen LogP contribution in [0.15, 0.2) is 23.3 Å². The molecule has 0 radical (unpaired) electrons. The van der Waals surface area contributed by atoms with Crippen molar-refractivity contribution in [2.45, 2.75) is 33.2 Å². The first-order chi connectivity index (χ1) is 10.2.